The maximum atomic E-state index is 13.0. The predicted octanol–water partition coefficient (Wildman–Crippen LogP) is 6.82. The summed E-state index contributed by atoms with van der Waals surface area (Å²) < 4.78 is 38.1. The van der Waals surface area contributed by atoms with E-state index in [0.717, 1.165) is 20.4 Å². The van der Waals surface area contributed by atoms with Crippen LogP contribution in [-0.2, 0) is 13.7 Å². The zero-order valence-corrected chi connectivity index (χ0v) is 20.1. The summed E-state index contributed by atoms with van der Waals surface area (Å²) in [6.45, 7) is 7.81. The third kappa shape index (κ3) is 5.70. The third-order valence-electron chi connectivity index (χ3n) is 4.39. The summed E-state index contributed by atoms with van der Waals surface area (Å²) in [6, 6.07) is 26.8. The second kappa shape index (κ2) is 9.47. The van der Waals surface area contributed by atoms with Gasteiger partial charge in [0.2, 0.25) is 0 Å². The summed E-state index contributed by atoms with van der Waals surface area (Å²) in [5.74, 6) is 0.689. The van der Waals surface area contributed by atoms with E-state index in [1.165, 1.54) is 0 Å². The molecule has 31 heavy (non-hydrogen) atoms. The largest absolute Gasteiger partial charge is 0.488 e. The van der Waals surface area contributed by atoms with Gasteiger partial charge in [0.15, 0.2) is 0 Å². The first kappa shape index (κ1) is 23.4. The second-order valence-corrected chi connectivity index (χ2v) is 12.8. The fourth-order valence-corrected chi connectivity index (χ4v) is 8.62. The van der Waals surface area contributed by atoms with Crippen LogP contribution in [0.2, 0.25) is 0 Å². The summed E-state index contributed by atoms with van der Waals surface area (Å²) in [4.78, 5) is 2.45. The molecule has 3 aromatic rings. The quantitative estimate of drug-likeness (QED) is 0.372. The molecule has 0 saturated heterocycles. The monoisotopic (exact) mass is 458 g/mol. The van der Waals surface area contributed by atoms with Gasteiger partial charge in [-0.1, -0.05) is 43.3 Å². The van der Waals surface area contributed by atoms with Crippen molar-refractivity contribution >= 4 is 20.4 Å². The first-order chi connectivity index (χ1) is 14.7. The first-order valence-electron chi connectivity index (χ1n) is 10.3. The minimum Gasteiger partial charge on any atom is -0.488 e. The minimum absolute atomic E-state index is 0.0351. The van der Waals surface area contributed by atoms with E-state index in [1.807, 2.05) is 113 Å². The van der Waals surface area contributed by atoms with E-state index < -0.39 is 20.4 Å². The summed E-state index contributed by atoms with van der Waals surface area (Å²) >= 11 is 0. The zero-order valence-electron chi connectivity index (χ0n) is 18.4. The Labute approximate surface area is 187 Å². The predicted molar refractivity (Wildman–Crippen MR) is 127 cm³/mol. The van der Waals surface area contributed by atoms with Crippen LogP contribution >= 0.6 is 10.3 Å². The van der Waals surface area contributed by atoms with Gasteiger partial charge in [0.1, 0.15) is 11.4 Å². The molecule has 6 heteroatoms. The molecule has 0 saturated carbocycles. The molecule has 0 fully saturated rings. The first-order valence-corrected chi connectivity index (χ1v) is 13.5. The van der Waals surface area contributed by atoms with Crippen LogP contribution in [0.25, 0.3) is 0 Å². The SMILES string of the molecule is CCCS(=O)(=O)OS(c1ccccc1)(c1ccccc1)c1ccc(OC(C)(C)C)cc1. The highest BCUT2D eigenvalue weighted by Crippen LogP contribution is 2.70. The van der Waals surface area contributed by atoms with Crippen molar-refractivity contribution in [2.24, 2.45) is 0 Å². The van der Waals surface area contributed by atoms with Crippen molar-refractivity contribution in [3.63, 3.8) is 0 Å². The number of hydrogen-bond acceptors (Lipinski definition) is 4. The van der Waals surface area contributed by atoms with Crippen molar-refractivity contribution in [1.82, 2.24) is 0 Å². The van der Waals surface area contributed by atoms with Crippen LogP contribution in [0.5, 0.6) is 5.75 Å². The Balaban J connectivity index is 2.24. The van der Waals surface area contributed by atoms with Crippen LogP contribution in [0.1, 0.15) is 34.1 Å². The molecule has 0 radical (unpaired) electrons. The number of rotatable bonds is 8. The molecule has 3 rings (SSSR count). The summed E-state index contributed by atoms with van der Waals surface area (Å²) in [7, 11) is -6.28. The summed E-state index contributed by atoms with van der Waals surface area (Å²) in [5.41, 5.74) is -0.328. The molecule has 0 heterocycles. The summed E-state index contributed by atoms with van der Waals surface area (Å²) in [6.07, 6.45) is 0.486. The van der Waals surface area contributed by atoms with E-state index in [-0.39, 0.29) is 11.4 Å². The molecule has 3 aromatic carbocycles. The molecule has 0 amide bonds. The Hall–Kier alpha value is -2.28. The lowest BCUT2D eigenvalue weighted by Crippen LogP contribution is -2.22. The highest BCUT2D eigenvalue weighted by molar-refractivity contribution is 8.33. The maximum absolute atomic E-state index is 13.0. The zero-order chi connectivity index (χ0) is 22.5. The van der Waals surface area contributed by atoms with Crippen LogP contribution in [0.4, 0.5) is 0 Å². The third-order valence-corrected chi connectivity index (χ3v) is 9.75. The van der Waals surface area contributed by atoms with Crippen molar-refractivity contribution in [2.75, 3.05) is 5.75 Å². The van der Waals surface area contributed by atoms with E-state index in [2.05, 4.69) is 0 Å². The van der Waals surface area contributed by atoms with Gasteiger partial charge in [0.25, 0.3) is 10.1 Å². The topological polar surface area (TPSA) is 52.6 Å². The van der Waals surface area contributed by atoms with E-state index >= 15 is 0 Å². The van der Waals surface area contributed by atoms with Gasteiger partial charge in [0.05, 0.1) is 5.75 Å². The molecule has 0 atom stereocenters. The average molecular weight is 459 g/mol. The Morgan fingerprint density at radius 1 is 0.710 bits per heavy atom. The number of benzene rings is 3. The lowest BCUT2D eigenvalue weighted by molar-refractivity contribution is 0.131. The van der Waals surface area contributed by atoms with E-state index in [4.69, 9.17) is 8.37 Å². The van der Waals surface area contributed by atoms with Gasteiger partial charge in [-0.25, -0.2) is 3.63 Å². The molecule has 0 aromatic heterocycles. The fraction of sp³-hybridized carbons (Fsp3) is 0.280. The van der Waals surface area contributed by atoms with Gasteiger partial charge in [0, 0.05) is 14.7 Å². The molecule has 0 unspecified atom stereocenters. The van der Waals surface area contributed by atoms with Crippen LogP contribution in [0.3, 0.4) is 0 Å². The molecular formula is C25H30O4S2. The Morgan fingerprint density at radius 2 is 1.16 bits per heavy atom. The van der Waals surface area contributed by atoms with Crippen molar-refractivity contribution in [1.29, 1.82) is 0 Å². The molecule has 0 aliphatic heterocycles. The van der Waals surface area contributed by atoms with Gasteiger partial charge >= 0.3 is 0 Å². The van der Waals surface area contributed by atoms with Gasteiger partial charge < -0.3 is 4.74 Å². The van der Waals surface area contributed by atoms with Crippen LogP contribution < -0.4 is 4.74 Å². The van der Waals surface area contributed by atoms with Gasteiger partial charge in [-0.3, -0.25) is 0 Å². The molecule has 0 bridgehead atoms. The second-order valence-electron chi connectivity index (χ2n) is 8.20. The molecule has 166 valence electrons. The van der Waals surface area contributed by atoms with Gasteiger partial charge in [-0.2, -0.15) is 8.42 Å². The molecule has 0 aliphatic carbocycles. The molecule has 4 nitrogen and oxygen atoms in total. The highest BCUT2D eigenvalue weighted by atomic mass is 32.3. The molecular weight excluding hydrogens is 428 g/mol. The van der Waals surface area contributed by atoms with Crippen molar-refractivity contribution in [3.05, 3.63) is 84.9 Å². The lowest BCUT2D eigenvalue weighted by atomic mass is 10.2. The molecule has 0 spiro atoms. The smallest absolute Gasteiger partial charge is 0.277 e. The Morgan fingerprint density at radius 3 is 1.58 bits per heavy atom. The van der Waals surface area contributed by atoms with Crippen LogP contribution in [-0.4, -0.2) is 19.8 Å². The van der Waals surface area contributed by atoms with Crippen molar-refractivity contribution < 1.29 is 16.8 Å². The fourth-order valence-electron chi connectivity index (χ4n) is 3.24. The Bertz CT molecular complexity index is 1030. The standard InChI is InChI=1S/C25H30O4S2/c1-5-20-30(26,27)29-31(22-12-8-6-9-13-22,23-14-10-7-11-15-23)24-18-16-21(17-19-24)28-25(2,3)4/h6-19H,5,20H2,1-4H3. The lowest BCUT2D eigenvalue weighted by Gasteiger charge is -2.39. The normalized spacial score (nSPS) is 13.0. The average Bonchev–Trinajstić information content (AvgIpc) is 2.73. The van der Waals surface area contributed by atoms with Crippen LogP contribution in [0.15, 0.2) is 99.6 Å². The van der Waals surface area contributed by atoms with Crippen molar-refractivity contribution in [2.45, 2.75) is 54.4 Å². The van der Waals surface area contributed by atoms with E-state index in [0.29, 0.717) is 6.42 Å². The highest BCUT2D eigenvalue weighted by Gasteiger charge is 2.37. The van der Waals surface area contributed by atoms with E-state index in [1.54, 1.807) is 0 Å². The summed E-state index contributed by atoms with van der Waals surface area (Å²) in [5, 5.41) is 0. The minimum atomic E-state index is -3.77. The van der Waals surface area contributed by atoms with Crippen LogP contribution in [0, 0.1) is 0 Å². The number of ether oxygens (including phenoxy) is 1. The maximum Gasteiger partial charge on any atom is 0.277 e. The van der Waals surface area contributed by atoms with E-state index in [9.17, 15) is 8.42 Å². The number of hydrogen-bond donors (Lipinski definition) is 0. The van der Waals surface area contributed by atoms with Crippen molar-refractivity contribution in [3.8, 4) is 5.75 Å². The Kier molecular flexibility index (Phi) is 7.14. The molecule has 0 N–H and O–H groups in total. The van der Waals surface area contributed by atoms with Gasteiger partial charge in [-0.05, 0) is 86.0 Å². The molecule has 0 aliphatic rings. The van der Waals surface area contributed by atoms with Gasteiger partial charge in [-0.15, -0.1) is 0 Å².